The molecule has 0 atom stereocenters. The first-order chi connectivity index (χ1) is 13.5. The van der Waals surface area contributed by atoms with Gasteiger partial charge >= 0.3 is 10.4 Å². The molecule has 1 heterocycles. The molecule has 7 nitrogen and oxygen atoms in total. The van der Waals surface area contributed by atoms with Gasteiger partial charge in [-0.25, -0.2) is 0 Å². The van der Waals surface area contributed by atoms with Gasteiger partial charge in [-0.3, -0.25) is 13.7 Å². The Morgan fingerprint density at radius 1 is 0.966 bits per heavy atom. The first kappa shape index (κ1) is 30.2. The fourth-order valence-electron chi connectivity index (χ4n) is 3.00. The molecule has 0 spiro atoms. The zero-order valence-electron chi connectivity index (χ0n) is 18.7. The summed E-state index contributed by atoms with van der Waals surface area (Å²) in [6, 6.07) is 0. The number of aliphatic imine (C=N–C) groups is 1. The van der Waals surface area contributed by atoms with E-state index in [2.05, 4.69) is 33.3 Å². The van der Waals surface area contributed by atoms with Crippen LogP contribution >= 0.6 is 0 Å². The lowest BCUT2D eigenvalue weighted by Crippen LogP contribution is -2.10. The largest absolute Gasteiger partial charge is 0.397 e. The summed E-state index contributed by atoms with van der Waals surface area (Å²) in [5.41, 5.74) is 0. The highest BCUT2D eigenvalue weighted by Gasteiger charge is 1.99. The van der Waals surface area contributed by atoms with Gasteiger partial charge in [-0.2, -0.15) is 8.42 Å². The molecule has 0 radical (unpaired) electrons. The summed E-state index contributed by atoms with van der Waals surface area (Å²) >= 11 is 0. The van der Waals surface area contributed by atoms with Crippen molar-refractivity contribution < 1.29 is 17.2 Å². The standard InChI is InChI=1S/C20H38N2.CH4O4S.H3N/c1-2-3-4-5-6-7-8-9-10-11-12-13-14-15-16-18-22-19-17-21-20-22;1-5-6(2,3)4;/h16,18,20H,2-15,17,19H2,1H3;1H3,(H,2,3,4);1H3. The Hall–Kier alpha value is -0.960. The van der Waals surface area contributed by atoms with Crippen molar-refractivity contribution in [2.75, 3.05) is 20.2 Å². The molecule has 174 valence electrons. The van der Waals surface area contributed by atoms with E-state index in [1.807, 2.05) is 6.34 Å². The van der Waals surface area contributed by atoms with Crippen LogP contribution in [0.25, 0.3) is 0 Å². The quantitative estimate of drug-likeness (QED) is 0.230. The van der Waals surface area contributed by atoms with E-state index < -0.39 is 10.4 Å². The predicted octanol–water partition coefficient (Wildman–Crippen LogP) is 5.92. The van der Waals surface area contributed by atoms with E-state index in [1.54, 1.807) is 0 Å². The Kier molecular flexibility index (Phi) is 22.7. The minimum atomic E-state index is -4.16. The topological polar surface area (TPSA) is 114 Å². The van der Waals surface area contributed by atoms with Crippen LogP contribution in [0.2, 0.25) is 0 Å². The summed E-state index contributed by atoms with van der Waals surface area (Å²) in [5.74, 6) is 0. The SMILES string of the molecule is CCCCCCCCCCCCCCCC=CN1C=NCC1.COS(=O)(=O)O.N. The molecule has 0 aromatic carbocycles. The van der Waals surface area contributed by atoms with Crippen molar-refractivity contribution in [3.63, 3.8) is 0 Å². The Labute approximate surface area is 179 Å². The van der Waals surface area contributed by atoms with Crippen LogP contribution in [0, 0.1) is 0 Å². The molecule has 29 heavy (non-hydrogen) atoms. The molecule has 0 aromatic rings. The summed E-state index contributed by atoms with van der Waals surface area (Å²) in [4.78, 5) is 6.39. The number of hydrogen-bond acceptors (Lipinski definition) is 6. The van der Waals surface area contributed by atoms with Crippen molar-refractivity contribution in [1.29, 1.82) is 0 Å². The maximum Gasteiger partial charge on any atom is 0.397 e. The van der Waals surface area contributed by atoms with Crippen molar-refractivity contribution in [3.8, 4) is 0 Å². The van der Waals surface area contributed by atoms with Gasteiger partial charge < -0.3 is 11.1 Å². The highest BCUT2D eigenvalue weighted by atomic mass is 32.3. The van der Waals surface area contributed by atoms with E-state index in [1.165, 1.54) is 89.9 Å². The second kappa shape index (κ2) is 21.7. The first-order valence-electron chi connectivity index (χ1n) is 10.9. The van der Waals surface area contributed by atoms with E-state index in [-0.39, 0.29) is 6.15 Å². The van der Waals surface area contributed by atoms with Gasteiger partial charge in [0.15, 0.2) is 0 Å². The average molecular weight is 436 g/mol. The Morgan fingerprint density at radius 2 is 1.41 bits per heavy atom. The van der Waals surface area contributed by atoms with Crippen molar-refractivity contribution in [1.82, 2.24) is 11.1 Å². The first-order valence-corrected chi connectivity index (χ1v) is 12.3. The van der Waals surface area contributed by atoms with Crippen LogP contribution in [0.1, 0.15) is 96.8 Å². The highest BCUT2D eigenvalue weighted by molar-refractivity contribution is 7.80. The van der Waals surface area contributed by atoms with Crippen LogP contribution in [0.5, 0.6) is 0 Å². The van der Waals surface area contributed by atoms with Crippen LogP contribution in [0.15, 0.2) is 17.3 Å². The molecule has 0 bridgehead atoms. The van der Waals surface area contributed by atoms with E-state index in [9.17, 15) is 8.42 Å². The monoisotopic (exact) mass is 435 g/mol. The van der Waals surface area contributed by atoms with E-state index in [0.29, 0.717) is 0 Å². The number of rotatable bonds is 16. The van der Waals surface area contributed by atoms with Gasteiger partial charge in [-0.15, -0.1) is 0 Å². The summed E-state index contributed by atoms with van der Waals surface area (Å²) < 4.78 is 29.7. The van der Waals surface area contributed by atoms with Gasteiger partial charge in [-0.1, -0.05) is 90.0 Å². The molecule has 1 aliphatic rings. The molecule has 0 unspecified atom stereocenters. The average Bonchev–Trinajstić information content (AvgIpc) is 3.18. The molecule has 0 fully saturated rings. The third-order valence-corrected chi connectivity index (χ3v) is 5.12. The van der Waals surface area contributed by atoms with Crippen molar-refractivity contribution in [2.24, 2.45) is 4.99 Å². The van der Waals surface area contributed by atoms with E-state index in [0.717, 1.165) is 20.2 Å². The van der Waals surface area contributed by atoms with Crippen LogP contribution in [0.3, 0.4) is 0 Å². The minimum absolute atomic E-state index is 0. The molecule has 0 amide bonds. The van der Waals surface area contributed by atoms with Gasteiger partial charge in [0, 0.05) is 12.7 Å². The third-order valence-electron chi connectivity index (χ3n) is 4.70. The second-order valence-electron chi connectivity index (χ2n) is 7.27. The zero-order valence-corrected chi connectivity index (χ0v) is 19.5. The third kappa shape index (κ3) is 25.0. The second-order valence-corrected chi connectivity index (χ2v) is 8.46. The van der Waals surface area contributed by atoms with Crippen molar-refractivity contribution in [3.05, 3.63) is 12.3 Å². The van der Waals surface area contributed by atoms with Gasteiger partial charge in [0.25, 0.3) is 0 Å². The van der Waals surface area contributed by atoms with Crippen LogP contribution in [-0.2, 0) is 14.6 Å². The predicted molar refractivity (Wildman–Crippen MR) is 123 cm³/mol. The molecular formula is C21H45N3O4S. The molecule has 0 aromatic heterocycles. The number of nitrogens with zero attached hydrogens (tertiary/aromatic N) is 2. The Balaban J connectivity index is 0. The Morgan fingerprint density at radius 3 is 1.79 bits per heavy atom. The summed E-state index contributed by atoms with van der Waals surface area (Å²) in [5, 5.41) is 0. The molecule has 1 aliphatic heterocycles. The molecular weight excluding hydrogens is 390 g/mol. The molecule has 0 saturated carbocycles. The number of allylic oxidation sites excluding steroid dienone is 1. The van der Waals surface area contributed by atoms with Gasteiger partial charge in [0.1, 0.15) is 0 Å². The van der Waals surface area contributed by atoms with E-state index >= 15 is 0 Å². The Bertz CT molecular complexity index is 496. The van der Waals surface area contributed by atoms with Gasteiger partial charge in [-0.05, 0) is 12.8 Å². The lowest BCUT2D eigenvalue weighted by molar-refractivity contribution is 0.324. The van der Waals surface area contributed by atoms with Crippen molar-refractivity contribution in [2.45, 2.75) is 96.8 Å². The smallest absolute Gasteiger partial charge is 0.344 e. The van der Waals surface area contributed by atoms with Crippen LogP contribution < -0.4 is 6.15 Å². The summed E-state index contributed by atoms with van der Waals surface area (Å²) in [6.45, 7) is 4.32. The molecule has 4 N–H and O–H groups in total. The molecule has 0 saturated heterocycles. The van der Waals surface area contributed by atoms with Crippen LogP contribution in [-0.4, -0.2) is 44.4 Å². The fourth-order valence-corrected chi connectivity index (χ4v) is 3.00. The fraction of sp³-hybridized carbons (Fsp3) is 0.857. The van der Waals surface area contributed by atoms with Gasteiger partial charge in [0.05, 0.1) is 20.0 Å². The number of unbranched alkanes of at least 4 members (excludes halogenated alkanes) is 13. The van der Waals surface area contributed by atoms with Gasteiger partial charge in [0.2, 0.25) is 0 Å². The zero-order chi connectivity index (χ0) is 20.9. The lowest BCUT2D eigenvalue weighted by Gasteiger charge is -2.05. The number of hydrogen-bond donors (Lipinski definition) is 2. The highest BCUT2D eigenvalue weighted by Crippen LogP contribution is 2.13. The molecule has 1 rings (SSSR count). The molecule has 8 heteroatoms. The minimum Gasteiger partial charge on any atom is -0.344 e. The van der Waals surface area contributed by atoms with Crippen molar-refractivity contribution >= 4 is 16.7 Å². The molecule has 0 aliphatic carbocycles. The maximum absolute atomic E-state index is 9.33. The maximum atomic E-state index is 9.33. The summed E-state index contributed by atoms with van der Waals surface area (Å²) in [7, 11) is -3.29. The lowest BCUT2D eigenvalue weighted by atomic mass is 10.0. The summed E-state index contributed by atoms with van der Waals surface area (Å²) in [6.07, 6.45) is 26.3. The van der Waals surface area contributed by atoms with E-state index in [4.69, 9.17) is 4.55 Å². The normalized spacial score (nSPS) is 13.4. The van der Waals surface area contributed by atoms with Crippen LogP contribution in [0.4, 0.5) is 0 Å².